The minimum atomic E-state index is -0.130. The molecule has 2 aliphatic carbocycles. The van der Waals surface area contributed by atoms with Gasteiger partial charge in [-0.3, -0.25) is 4.99 Å². The second kappa shape index (κ2) is 6.50. The van der Waals surface area contributed by atoms with Crippen LogP contribution in [0.1, 0.15) is 43.6 Å². The smallest absolute Gasteiger partial charge is 0.174 e. The van der Waals surface area contributed by atoms with Gasteiger partial charge in [0.15, 0.2) is 6.29 Å². The van der Waals surface area contributed by atoms with Crippen LogP contribution in [0.5, 0.6) is 0 Å². The van der Waals surface area contributed by atoms with Gasteiger partial charge in [0.2, 0.25) is 0 Å². The molecule has 1 aromatic rings. The molecule has 2 saturated carbocycles. The zero-order valence-electron chi connectivity index (χ0n) is 15.4. The molecule has 26 heavy (non-hydrogen) atoms. The van der Waals surface area contributed by atoms with Gasteiger partial charge in [-0.2, -0.15) is 0 Å². The third kappa shape index (κ3) is 2.61. The van der Waals surface area contributed by atoms with Crippen molar-refractivity contribution in [1.82, 2.24) is 4.90 Å². The first-order valence-corrected chi connectivity index (χ1v) is 10.3. The summed E-state index contributed by atoms with van der Waals surface area (Å²) in [6.07, 6.45) is 6.18. The van der Waals surface area contributed by atoms with Gasteiger partial charge in [-0.05, 0) is 55.2 Å². The summed E-state index contributed by atoms with van der Waals surface area (Å²) in [6, 6.07) is 8.56. The lowest BCUT2D eigenvalue weighted by molar-refractivity contribution is -0.153. The number of halogens is 1. The number of hydrogen-bond donors (Lipinski definition) is 0. The SMILES string of the molecule is COC1CN(C2=NC3(CC2)C2CCC(C2)C3c2ccc(Cl)cc2)CCO1. The first-order valence-electron chi connectivity index (χ1n) is 9.93. The number of hydrogen-bond acceptors (Lipinski definition) is 4. The molecule has 5 heteroatoms. The number of aliphatic imine (C=N–C) groups is 1. The van der Waals surface area contributed by atoms with Gasteiger partial charge in [0.05, 0.1) is 24.5 Å². The molecule has 3 fully saturated rings. The van der Waals surface area contributed by atoms with Gasteiger partial charge >= 0.3 is 0 Å². The Morgan fingerprint density at radius 2 is 2.12 bits per heavy atom. The Hall–Kier alpha value is -1.10. The van der Waals surface area contributed by atoms with Crippen LogP contribution < -0.4 is 0 Å². The van der Waals surface area contributed by atoms with E-state index < -0.39 is 0 Å². The quantitative estimate of drug-likeness (QED) is 0.781. The summed E-state index contributed by atoms with van der Waals surface area (Å²) in [5, 5.41) is 0.820. The van der Waals surface area contributed by atoms with Gasteiger partial charge in [-0.25, -0.2) is 0 Å². The molecule has 0 N–H and O–H groups in total. The number of fused-ring (bicyclic) bond motifs is 3. The zero-order chi connectivity index (χ0) is 17.7. The Labute approximate surface area is 160 Å². The Kier molecular flexibility index (Phi) is 4.26. The fraction of sp³-hybridized carbons (Fsp3) is 0.667. The molecule has 1 saturated heterocycles. The van der Waals surface area contributed by atoms with Gasteiger partial charge in [-0.1, -0.05) is 23.7 Å². The molecule has 0 radical (unpaired) electrons. The summed E-state index contributed by atoms with van der Waals surface area (Å²) in [4.78, 5) is 7.87. The summed E-state index contributed by atoms with van der Waals surface area (Å²) in [5.74, 6) is 3.35. The fourth-order valence-corrected chi connectivity index (χ4v) is 6.20. The van der Waals surface area contributed by atoms with Crippen molar-refractivity contribution in [2.45, 2.75) is 49.9 Å². The molecule has 0 aromatic heterocycles. The largest absolute Gasteiger partial charge is 0.354 e. The highest BCUT2D eigenvalue weighted by atomic mass is 35.5. The van der Waals surface area contributed by atoms with Crippen LogP contribution in [0.2, 0.25) is 5.02 Å². The second-order valence-electron chi connectivity index (χ2n) is 8.30. The van der Waals surface area contributed by atoms with E-state index in [1.807, 2.05) is 12.1 Å². The molecule has 5 atom stereocenters. The van der Waals surface area contributed by atoms with Crippen LogP contribution in [0.4, 0.5) is 0 Å². The molecule has 4 nitrogen and oxygen atoms in total. The van der Waals surface area contributed by atoms with E-state index in [0.29, 0.717) is 5.92 Å². The van der Waals surface area contributed by atoms with Gasteiger partial charge < -0.3 is 14.4 Å². The Bertz CT molecular complexity index is 706. The molecule has 5 rings (SSSR count). The van der Waals surface area contributed by atoms with Gasteiger partial charge in [-0.15, -0.1) is 0 Å². The molecular weight excluding hydrogens is 348 g/mol. The summed E-state index contributed by atoms with van der Waals surface area (Å²) in [7, 11) is 1.72. The number of rotatable bonds is 2. The molecule has 2 aliphatic heterocycles. The van der Waals surface area contributed by atoms with E-state index in [9.17, 15) is 0 Å². The zero-order valence-corrected chi connectivity index (χ0v) is 16.1. The molecule has 5 unspecified atom stereocenters. The standard InChI is InChI=1S/C21H27ClN2O2/c1-25-19-13-24(10-11-26-19)18-8-9-21(23-18)16-5-2-15(12-16)20(21)14-3-6-17(22)7-4-14/h3-4,6-7,15-16,19-20H,2,5,8-13H2,1H3. The maximum absolute atomic E-state index is 6.14. The monoisotopic (exact) mass is 374 g/mol. The van der Waals surface area contributed by atoms with Crippen LogP contribution in [0.3, 0.4) is 0 Å². The second-order valence-corrected chi connectivity index (χ2v) is 8.74. The normalized spacial score (nSPS) is 39.0. The first kappa shape index (κ1) is 17.0. The topological polar surface area (TPSA) is 34.1 Å². The van der Waals surface area contributed by atoms with Gasteiger partial charge in [0.1, 0.15) is 0 Å². The van der Waals surface area contributed by atoms with E-state index in [2.05, 4.69) is 17.0 Å². The average molecular weight is 375 g/mol. The highest BCUT2D eigenvalue weighted by Gasteiger charge is 2.60. The van der Waals surface area contributed by atoms with Gasteiger partial charge in [0, 0.05) is 31.0 Å². The molecule has 1 aromatic carbocycles. The number of nitrogens with zero attached hydrogens (tertiary/aromatic N) is 2. The maximum atomic E-state index is 6.14. The Balaban J connectivity index is 1.46. The minimum absolute atomic E-state index is 0.104. The van der Waals surface area contributed by atoms with Crippen LogP contribution in [-0.2, 0) is 9.47 Å². The summed E-state index contributed by atoms with van der Waals surface area (Å²) in [5.41, 5.74) is 1.54. The van der Waals surface area contributed by atoms with E-state index in [-0.39, 0.29) is 11.8 Å². The number of benzene rings is 1. The van der Waals surface area contributed by atoms with Crippen molar-refractivity contribution in [1.29, 1.82) is 0 Å². The number of morpholine rings is 1. The summed E-state index contributed by atoms with van der Waals surface area (Å²) >= 11 is 6.14. The van der Waals surface area contributed by atoms with Crippen molar-refractivity contribution in [2.24, 2.45) is 16.8 Å². The lowest BCUT2D eigenvalue weighted by atomic mass is 9.69. The maximum Gasteiger partial charge on any atom is 0.174 e. The molecule has 1 spiro atoms. The van der Waals surface area contributed by atoms with Crippen molar-refractivity contribution < 1.29 is 9.47 Å². The molecule has 4 aliphatic rings. The summed E-state index contributed by atoms with van der Waals surface area (Å²) in [6.45, 7) is 2.44. The van der Waals surface area contributed by atoms with Crippen molar-refractivity contribution in [3.05, 3.63) is 34.9 Å². The van der Waals surface area contributed by atoms with Crippen LogP contribution in [0.15, 0.2) is 29.3 Å². The lowest BCUT2D eigenvalue weighted by Crippen LogP contribution is -2.46. The van der Waals surface area contributed by atoms with E-state index >= 15 is 0 Å². The predicted octanol–water partition coefficient (Wildman–Crippen LogP) is 4.09. The third-order valence-electron chi connectivity index (χ3n) is 7.17. The van der Waals surface area contributed by atoms with E-state index in [1.54, 1.807) is 7.11 Å². The van der Waals surface area contributed by atoms with Gasteiger partial charge in [0.25, 0.3) is 0 Å². The van der Waals surface area contributed by atoms with E-state index in [1.165, 1.54) is 37.1 Å². The van der Waals surface area contributed by atoms with Crippen LogP contribution in [-0.4, -0.2) is 49.4 Å². The van der Waals surface area contributed by atoms with Crippen LogP contribution in [0.25, 0.3) is 0 Å². The van der Waals surface area contributed by atoms with Crippen molar-refractivity contribution in [3.63, 3.8) is 0 Å². The van der Waals surface area contributed by atoms with Crippen molar-refractivity contribution >= 4 is 17.4 Å². The Morgan fingerprint density at radius 1 is 1.27 bits per heavy atom. The molecular formula is C21H27ClN2O2. The van der Waals surface area contributed by atoms with E-state index in [0.717, 1.165) is 43.0 Å². The highest BCUT2D eigenvalue weighted by Crippen LogP contribution is 2.63. The predicted molar refractivity (Wildman–Crippen MR) is 103 cm³/mol. The van der Waals surface area contributed by atoms with Crippen LogP contribution >= 0.6 is 11.6 Å². The van der Waals surface area contributed by atoms with Crippen LogP contribution in [0, 0.1) is 11.8 Å². The average Bonchev–Trinajstić information content (AvgIpc) is 3.38. The fourth-order valence-electron chi connectivity index (χ4n) is 6.07. The van der Waals surface area contributed by atoms with Crippen molar-refractivity contribution in [3.8, 4) is 0 Å². The number of ether oxygens (including phenoxy) is 2. The molecule has 140 valence electrons. The first-order chi connectivity index (χ1) is 12.7. The van der Waals surface area contributed by atoms with E-state index in [4.69, 9.17) is 26.1 Å². The highest BCUT2D eigenvalue weighted by molar-refractivity contribution is 6.30. The molecule has 2 bridgehead atoms. The number of amidine groups is 1. The minimum Gasteiger partial charge on any atom is -0.354 e. The van der Waals surface area contributed by atoms with Crippen molar-refractivity contribution in [2.75, 3.05) is 26.8 Å². The Morgan fingerprint density at radius 3 is 2.92 bits per heavy atom. The third-order valence-corrected chi connectivity index (χ3v) is 7.42. The number of methoxy groups -OCH3 is 1. The summed E-state index contributed by atoms with van der Waals surface area (Å²) < 4.78 is 11.1. The molecule has 0 amide bonds. The molecule has 2 heterocycles. The lowest BCUT2D eigenvalue weighted by Gasteiger charge is -2.39.